The van der Waals surface area contributed by atoms with Crippen molar-refractivity contribution < 1.29 is 23.0 Å². The van der Waals surface area contributed by atoms with Gasteiger partial charge >= 0.3 is 6.18 Å². The van der Waals surface area contributed by atoms with E-state index < -0.39 is 17.8 Å². The molecular formula is C17H25F3N2O2. The second-order valence-electron chi connectivity index (χ2n) is 6.53. The van der Waals surface area contributed by atoms with E-state index in [9.17, 15) is 18.3 Å². The van der Waals surface area contributed by atoms with Gasteiger partial charge in [-0.15, -0.1) is 0 Å². The van der Waals surface area contributed by atoms with E-state index in [4.69, 9.17) is 4.74 Å². The number of alkyl halides is 3. The molecule has 24 heavy (non-hydrogen) atoms. The number of rotatable bonds is 6. The maximum Gasteiger partial charge on any atom is 0.416 e. The lowest BCUT2D eigenvalue weighted by Gasteiger charge is -2.35. The van der Waals surface area contributed by atoms with Crippen LogP contribution in [0.1, 0.15) is 18.9 Å². The van der Waals surface area contributed by atoms with Crippen LogP contribution in [0.3, 0.4) is 0 Å². The quantitative estimate of drug-likeness (QED) is 0.830. The van der Waals surface area contributed by atoms with Gasteiger partial charge in [-0.25, -0.2) is 0 Å². The third-order valence-electron chi connectivity index (χ3n) is 4.33. The number of aliphatic hydroxyl groups excluding tert-OH is 1. The largest absolute Gasteiger partial charge is 0.491 e. The summed E-state index contributed by atoms with van der Waals surface area (Å²) in [5.41, 5.74) is -0.757. The Labute approximate surface area is 140 Å². The Morgan fingerprint density at radius 2 is 2.17 bits per heavy atom. The van der Waals surface area contributed by atoms with Gasteiger partial charge in [0.2, 0.25) is 0 Å². The van der Waals surface area contributed by atoms with Gasteiger partial charge in [0.15, 0.2) is 0 Å². The van der Waals surface area contributed by atoms with E-state index in [-0.39, 0.29) is 12.4 Å². The fourth-order valence-corrected chi connectivity index (χ4v) is 2.96. The number of benzene rings is 1. The monoisotopic (exact) mass is 346 g/mol. The van der Waals surface area contributed by atoms with Crippen molar-refractivity contribution in [2.75, 3.05) is 33.3 Å². The molecule has 0 saturated carbocycles. The summed E-state index contributed by atoms with van der Waals surface area (Å²) >= 11 is 0. The fourth-order valence-electron chi connectivity index (χ4n) is 2.96. The molecule has 4 nitrogen and oxygen atoms in total. The van der Waals surface area contributed by atoms with Crippen molar-refractivity contribution >= 4 is 0 Å². The van der Waals surface area contributed by atoms with Crippen LogP contribution in [0, 0.1) is 5.92 Å². The maximum absolute atomic E-state index is 12.6. The third kappa shape index (κ3) is 5.65. The molecule has 1 aliphatic rings. The molecule has 2 N–H and O–H groups in total. The van der Waals surface area contributed by atoms with Crippen molar-refractivity contribution in [3.63, 3.8) is 0 Å². The molecule has 0 amide bonds. The van der Waals surface area contributed by atoms with Crippen LogP contribution in [0.15, 0.2) is 24.3 Å². The molecule has 1 aromatic carbocycles. The Kier molecular flexibility index (Phi) is 6.48. The molecule has 1 fully saturated rings. The standard InChI is InChI=1S/C17H25F3N2O2/c1-12-10-22(2)7-6-16(12)21-9-14(23)11-24-15-5-3-4-13(8-15)17(18,19)20/h3-5,8,12,14,16,21,23H,6-7,9-11H2,1-2H3. The molecule has 0 bridgehead atoms. The van der Waals surface area contributed by atoms with Gasteiger partial charge < -0.3 is 20.1 Å². The molecule has 3 atom stereocenters. The van der Waals surface area contributed by atoms with Crippen molar-refractivity contribution in [3.8, 4) is 5.75 Å². The Bertz CT molecular complexity index is 525. The fraction of sp³-hybridized carbons (Fsp3) is 0.647. The van der Waals surface area contributed by atoms with Crippen LogP contribution in [-0.2, 0) is 6.18 Å². The zero-order chi connectivity index (χ0) is 17.7. The summed E-state index contributed by atoms with van der Waals surface area (Å²) in [6.07, 6.45) is -4.16. The number of ether oxygens (including phenoxy) is 1. The van der Waals surface area contributed by atoms with Gasteiger partial charge in [0.05, 0.1) is 5.56 Å². The summed E-state index contributed by atoms with van der Waals surface area (Å²) in [6.45, 7) is 4.50. The first-order valence-electron chi connectivity index (χ1n) is 8.15. The summed E-state index contributed by atoms with van der Waals surface area (Å²) in [5.74, 6) is 0.594. The molecule has 0 aliphatic carbocycles. The van der Waals surface area contributed by atoms with Crippen LogP contribution >= 0.6 is 0 Å². The van der Waals surface area contributed by atoms with Crippen molar-refractivity contribution in [3.05, 3.63) is 29.8 Å². The first-order chi connectivity index (χ1) is 11.3. The highest BCUT2D eigenvalue weighted by Gasteiger charge is 2.30. The van der Waals surface area contributed by atoms with Crippen LogP contribution < -0.4 is 10.1 Å². The number of piperidine rings is 1. The molecule has 1 aromatic rings. The van der Waals surface area contributed by atoms with E-state index in [1.54, 1.807) is 0 Å². The zero-order valence-corrected chi connectivity index (χ0v) is 14.0. The number of likely N-dealkylation sites (tertiary alicyclic amines) is 1. The highest BCUT2D eigenvalue weighted by molar-refractivity contribution is 5.30. The average molecular weight is 346 g/mol. The van der Waals surface area contributed by atoms with Crippen LogP contribution in [0.4, 0.5) is 13.2 Å². The smallest absolute Gasteiger partial charge is 0.416 e. The van der Waals surface area contributed by atoms with Gasteiger partial charge in [0, 0.05) is 19.1 Å². The van der Waals surface area contributed by atoms with E-state index in [0.717, 1.165) is 31.6 Å². The molecular weight excluding hydrogens is 321 g/mol. The SMILES string of the molecule is CC1CN(C)CCC1NCC(O)COc1cccc(C(F)(F)F)c1. The van der Waals surface area contributed by atoms with Crippen molar-refractivity contribution in [1.29, 1.82) is 0 Å². The summed E-state index contributed by atoms with van der Waals surface area (Å²) in [4.78, 5) is 2.27. The first kappa shape index (κ1) is 19.0. The number of hydrogen-bond donors (Lipinski definition) is 2. The molecule has 0 spiro atoms. The van der Waals surface area contributed by atoms with E-state index in [1.807, 2.05) is 0 Å². The Balaban J connectivity index is 1.76. The van der Waals surface area contributed by atoms with Gasteiger partial charge in [-0.1, -0.05) is 13.0 Å². The Hall–Kier alpha value is -1.31. The molecule has 2 rings (SSSR count). The van der Waals surface area contributed by atoms with Crippen LogP contribution in [0.2, 0.25) is 0 Å². The van der Waals surface area contributed by atoms with Crippen LogP contribution in [-0.4, -0.2) is 55.4 Å². The number of nitrogens with one attached hydrogen (secondary N) is 1. The van der Waals surface area contributed by atoms with Gasteiger partial charge in [-0.05, 0) is 44.1 Å². The summed E-state index contributed by atoms with van der Waals surface area (Å²) in [7, 11) is 2.09. The third-order valence-corrected chi connectivity index (χ3v) is 4.33. The number of halogens is 3. The first-order valence-corrected chi connectivity index (χ1v) is 8.15. The molecule has 3 unspecified atom stereocenters. The Morgan fingerprint density at radius 1 is 1.42 bits per heavy atom. The maximum atomic E-state index is 12.6. The van der Waals surface area contributed by atoms with Crippen molar-refractivity contribution in [2.45, 2.75) is 31.7 Å². The second kappa shape index (κ2) is 8.18. The molecule has 0 radical (unpaired) electrons. The number of nitrogens with zero attached hydrogens (tertiary/aromatic N) is 1. The number of aliphatic hydroxyl groups is 1. The highest BCUT2D eigenvalue weighted by atomic mass is 19.4. The van der Waals surface area contributed by atoms with Crippen LogP contribution in [0.25, 0.3) is 0 Å². The minimum Gasteiger partial charge on any atom is -0.491 e. The average Bonchev–Trinajstić information content (AvgIpc) is 2.51. The minimum absolute atomic E-state index is 0.0463. The Morgan fingerprint density at radius 3 is 2.83 bits per heavy atom. The predicted molar refractivity (Wildman–Crippen MR) is 86.0 cm³/mol. The van der Waals surface area contributed by atoms with E-state index in [1.165, 1.54) is 12.1 Å². The molecule has 0 aromatic heterocycles. The lowest BCUT2D eigenvalue weighted by Crippen LogP contribution is -2.49. The zero-order valence-electron chi connectivity index (χ0n) is 14.0. The molecule has 1 heterocycles. The lowest BCUT2D eigenvalue weighted by molar-refractivity contribution is -0.137. The molecule has 1 saturated heterocycles. The lowest BCUT2D eigenvalue weighted by atomic mass is 9.94. The van der Waals surface area contributed by atoms with Crippen molar-refractivity contribution in [2.24, 2.45) is 5.92 Å². The van der Waals surface area contributed by atoms with Crippen LogP contribution in [0.5, 0.6) is 5.75 Å². The normalized spacial score (nSPS) is 23.9. The van der Waals surface area contributed by atoms with Gasteiger partial charge in [0.25, 0.3) is 0 Å². The minimum atomic E-state index is -4.40. The molecule has 136 valence electrons. The van der Waals surface area contributed by atoms with E-state index in [0.29, 0.717) is 18.5 Å². The van der Waals surface area contributed by atoms with Gasteiger partial charge in [-0.2, -0.15) is 13.2 Å². The topological polar surface area (TPSA) is 44.7 Å². The van der Waals surface area contributed by atoms with Gasteiger partial charge in [0.1, 0.15) is 18.5 Å². The molecule has 7 heteroatoms. The van der Waals surface area contributed by atoms with E-state index in [2.05, 4.69) is 24.2 Å². The number of hydrogen-bond acceptors (Lipinski definition) is 4. The second-order valence-corrected chi connectivity index (χ2v) is 6.53. The molecule has 1 aliphatic heterocycles. The summed E-state index contributed by atoms with van der Waals surface area (Å²) < 4.78 is 43.2. The highest BCUT2D eigenvalue weighted by Crippen LogP contribution is 2.31. The summed E-state index contributed by atoms with van der Waals surface area (Å²) in [6, 6.07) is 5.02. The predicted octanol–water partition coefficient (Wildman–Crippen LogP) is 2.37. The summed E-state index contributed by atoms with van der Waals surface area (Å²) in [5, 5.41) is 13.3. The van der Waals surface area contributed by atoms with E-state index >= 15 is 0 Å². The van der Waals surface area contributed by atoms with Crippen molar-refractivity contribution in [1.82, 2.24) is 10.2 Å². The van der Waals surface area contributed by atoms with Gasteiger partial charge in [-0.3, -0.25) is 0 Å².